The molecule has 2 N–H and O–H groups in total. The molecule has 0 aliphatic carbocycles. The van der Waals surface area contributed by atoms with Crippen LogP contribution in [0.5, 0.6) is 0 Å². The van der Waals surface area contributed by atoms with Crippen LogP contribution < -0.4 is 10.6 Å². The lowest BCUT2D eigenvalue weighted by molar-refractivity contribution is -0.127. The maximum atomic E-state index is 11.8. The first-order chi connectivity index (χ1) is 11.1. The number of carbonyl (C=O) groups excluding carboxylic acids is 1. The van der Waals surface area contributed by atoms with Crippen LogP contribution in [0.15, 0.2) is 35.3 Å². The number of amides is 1. The standard InChI is InChI=1S/C18H30N4O/c1-5-15(6-2)12-19-18(21-14-17(23)22(3)4)20-13-16-10-8-7-9-11-16/h7-11,15H,5-6,12-14H2,1-4H3,(H2,19,20,21). The van der Waals surface area contributed by atoms with Gasteiger partial charge in [-0.3, -0.25) is 4.79 Å². The first-order valence-corrected chi connectivity index (χ1v) is 8.33. The molecular formula is C18H30N4O. The second-order valence-electron chi connectivity index (χ2n) is 5.86. The molecule has 0 aliphatic rings. The van der Waals surface area contributed by atoms with Gasteiger partial charge in [-0.05, 0) is 11.5 Å². The molecular weight excluding hydrogens is 288 g/mol. The Bertz CT molecular complexity index is 481. The summed E-state index contributed by atoms with van der Waals surface area (Å²) in [6.07, 6.45) is 2.26. The van der Waals surface area contributed by atoms with Crippen molar-refractivity contribution >= 4 is 11.9 Å². The third kappa shape index (κ3) is 7.68. The number of likely N-dealkylation sites (N-methyl/N-ethyl adjacent to an activating group) is 1. The molecule has 0 radical (unpaired) electrons. The average molecular weight is 318 g/mol. The molecule has 0 aromatic heterocycles. The molecule has 128 valence electrons. The molecule has 0 heterocycles. The normalized spacial score (nSPS) is 11.4. The van der Waals surface area contributed by atoms with Crippen molar-refractivity contribution in [2.24, 2.45) is 10.9 Å². The Morgan fingerprint density at radius 1 is 1.13 bits per heavy atom. The lowest BCUT2D eigenvalue weighted by atomic mass is 10.0. The number of hydrogen-bond donors (Lipinski definition) is 2. The van der Waals surface area contributed by atoms with Gasteiger partial charge in [-0.15, -0.1) is 0 Å². The zero-order chi connectivity index (χ0) is 17.1. The van der Waals surface area contributed by atoms with E-state index in [-0.39, 0.29) is 12.5 Å². The SMILES string of the molecule is CCC(CC)CNC(=NCc1ccccc1)NCC(=O)N(C)C. The number of nitrogens with one attached hydrogen (secondary N) is 2. The molecule has 23 heavy (non-hydrogen) atoms. The Hall–Kier alpha value is -2.04. The van der Waals surface area contributed by atoms with Gasteiger partial charge in [0.2, 0.25) is 5.91 Å². The van der Waals surface area contributed by atoms with Crippen molar-refractivity contribution in [3.05, 3.63) is 35.9 Å². The third-order valence-corrected chi connectivity index (χ3v) is 3.88. The monoisotopic (exact) mass is 318 g/mol. The van der Waals surface area contributed by atoms with E-state index in [9.17, 15) is 4.79 Å². The first-order valence-electron chi connectivity index (χ1n) is 8.33. The van der Waals surface area contributed by atoms with Crippen molar-refractivity contribution in [2.45, 2.75) is 33.2 Å². The zero-order valence-electron chi connectivity index (χ0n) is 14.8. The number of benzene rings is 1. The highest BCUT2D eigenvalue weighted by Crippen LogP contribution is 2.05. The number of rotatable bonds is 8. The Balaban J connectivity index is 2.64. The van der Waals surface area contributed by atoms with E-state index in [1.165, 1.54) is 0 Å². The Kier molecular flexibility index (Phi) is 8.80. The fraction of sp³-hybridized carbons (Fsp3) is 0.556. The first kappa shape index (κ1) is 19.0. The highest BCUT2D eigenvalue weighted by atomic mass is 16.2. The quantitative estimate of drug-likeness (QED) is 0.571. The van der Waals surface area contributed by atoms with Crippen LogP contribution in [0.3, 0.4) is 0 Å². The predicted molar refractivity (Wildman–Crippen MR) is 96.4 cm³/mol. The van der Waals surface area contributed by atoms with E-state index in [4.69, 9.17) is 0 Å². The molecule has 5 heteroatoms. The molecule has 0 unspecified atom stereocenters. The van der Waals surface area contributed by atoms with Crippen LogP contribution in [0.4, 0.5) is 0 Å². The number of hydrogen-bond acceptors (Lipinski definition) is 2. The van der Waals surface area contributed by atoms with Crippen LogP contribution >= 0.6 is 0 Å². The van der Waals surface area contributed by atoms with Gasteiger partial charge in [0.05, 0.1) is 13.1 Å². The van der Waals surface area contributed by atoms with Gasteiger partial charge in [0, 0.05) is 20.6 Å². The molecule has 1 amide bonds. The second-order valence-corrected chi connectivity index (χ2v) is 5.86. The zero-order valence-corrected chi connectivity index (χ0v) is 14.8. The fourth-order valence-electron chi connectivity index (χ4n) is 2.06. The van der Waals surface area contributed by atoms with E-state index in [0.717, 1.165) is 24.9 Å². The summed E-state index contributed by atoms with van der Waals surface area (Å²) in [7, 11) is 3.50. The van der Waals surface area contributed by atoms with Gasteiger partial charge in [0.25, 0.3) is 0 Å². The summed E-state index contributed by atoms with van der Waals surface area (Å²) in [5.41, 5.74) is 1.15. The summed E-state index contributed by atoms with van der Waals surface area (Å²) in [5, 5.41) is 6.48. The van der Waals surface area contributed by atoms with E-state index in [1.807, 2.05) is 30.3 Å². The van der Waals surface area contributed by atoms with Gasteiger partial charge < -0.3 is 15.5 Å². The van der Waals surface area contributed by atoms with Crippen LogP contribution in [-0.2, 0) is 11.3 Å². The van der Waals surface area contributed by atoms with Crippen LogP contribution in [0.2, 0.25) is 0 Å². The smallest absolute Gasteiger partial charge is 0.241 e. The number of aliphatic imine (C=N–C) groups is 1. The molecule has 1 rings (SSSR count). The van der Waals surface area contributed by atoms with E-state index >= 15 is 0 Å². The molecule has 1 aromatic carbocycles. The van der Waals surface area contributed by atoms with Crippen LogP contribution in [0.1, 0.15) is 32.3 Å². The van der Waals surface area contributed by atoms with Gasteiger partial charge in [-0.2, -0.15) is 0 Å². The summed E-state index contributed by atoms with van der Waals surface area (Å²) < 4.78 is 0. The molecule has 0 fully saturated rings. The minimum Gasteiger partial charge on any atom is -0.356 e. The molecule has 5 nitrogen and oxygen atoms in total. The van der Waals surface area contributed by atoms with Crippen LogP contribution in [0.25, 0.3) is 0 Å². The van der Waals surface area contributed by atoms with Crippen molar-refractivity contribution in [3.63, 3.8) is 0 Å². The van der Waals surface area contributed by atoms with Crippen LogP contribution in [-0.4, -0.2) is 44.0 Å². The van der Waals surface area contributed by atoms with E-state index in [2.05, 4.69) is 29.5 Å². The summed E-state index contributed by atoms with van der Waals surface area (Å²) in [4.78, 5) is 17.9. The van der Waals surface area contributed by atoms with E-state index in [1.54, 1.807) is 19.0 Å². The van der Waals surface area contributed by atoms with Crippen molar-refractivity contribution in [1.29, 1.82) is 0 Å². The van der Waals surface area contributed by atoms with Gasteiger partial charge in [0.1, 0.15) is 0 Å². The third-order valence-electron chi connectivity index (χ3n) is 3.88. The second kappa shape index (κ2) is 10.6. The lowest BCUT2D eigenvalue weighted by Crippen LogP contribution is -2.44. The topological polar surface area (TPSA) is 56.7 Å². The van der Waals surface area contributed by atoms with Gasteiger partial charge in [-0.1, -0.05) is 57.0 Å². The molecule has 0 bridgehead atoms. The number of guanidine groups is 1. The summed E-state index contributed by atoms with van der Waals surface area (Å²) in [5.74, 6) is 1.33. The molecule has 0 saturated heterocycles. The lowest BCUT2D eigenvalue weighted by Gasteiger charge is -2.18. The highest BCUT2D eigenvalue weighted by Gasteiger charge is 2.08. The maximum absolute atomic E-state index is 11.8. The molecule has 0 aliphatic heterocycles. The average Bonchev–Trinajstić information content (AvgIpc) is 2.57. The predicted octanol–water partition coefficient (Wildman–Crippen LogP) is 2.25. The van der Waals surface area contributed by atoms with Gasteiger partial charge in [-0.25, -0.2) is 4.99 Å². The van der Waals surface area contributed by atoms with Crippen molar-refractivity contribution in [3.8, 4) is 0 Å². The minimum absolute atomic E-state index is 0.0294. The molecule has 0 saturated carbocycles. The molecule has 0 spiro atoms. The fourth-order valence-corrected chi connectivity index (χ4v) is 2.06. The van der Waals surface area contributed by atoms with Crippen molar-refractivity contribution in [1.82, 2.24) is 15.5 Å². The Labute approximate surface area is 140 Å². The highest BCUT2D eigenvalue weighted by molar-refractivity contribution is 5.86. The maximum Gasteiger partial charge on any atom is 0.241 e. The van der Waals surface area contributed by atoms with Crippen LogP contribution in [0, 0.1) is 5.92 Å². The Morgan fingerprint density at radius 2 is 1.78 bits per heavy atom. The number of carbonyl (C=O) groups is 1. The summed E-state index contributed by atoms with van der Waals surface area (Å²) in [6, 6.07) is 10.1. The molecule has 1 aromatic rings. The largest absolute Gasteiger partial charge is 0.356 e. The van der Waals surface area contributed by atoms with Crippen molar-refractivity contribution < 1.29 is 4.79 Å². The van der Waals surface area contributed by atoms with Gasteiger partial charge >= 0.3 is 0 Å². The summed E-state index contributed by atoms with van der Waals surface area (Å²) in [6.45, 7) is 6.09. The number of nitrogens with zero attached hydrogens (tertiary/aromatic N) is 2. The molecule has 0 atom stereocenters. The minimum atomic E-state index is 0.0294. The van der Waals surface area contributed by atoms with E-state index < -0.39 is 0 Å². The summed E-state index contributed by atoms with van der Waals surface area (Å²) >= 11 is 0. The van der Waals surface area contributed by atoms with Crippen molar-refractivity contribution in [2.75, 3.05) is 27.2 Å². The van der Waals surface area contributed by atoms with E-state index in [0.29, 0.717) is 18.4 Å². The van der Waals surface area contributed by atoms with Gasteiger partial charge in [0.15, 0.2) is 5.96 Å². The Morgan fingerprint density at radius 3 is 2.35 bits per heavy atom.